The predicted molar refractivity (Wildman–Crippen MR) is 71.3 cm³/mol. The summed E-state index contributed by atoms with van der Waals surface area (Å²) in [5, 5.41) is 3.86. The lowest BCUT2D eigenvalue weighted by Crippen LogP contribution is -2.74. The van der Waals surface area contributed by atoms with E-state index < -0.39 is 29.8 Å². The van der Waals surface area contributed by atoms with E-state index in [4.69, 9.17) is 0 Å². The third-order valence-corrected chi connectivity index (χ3v) is 2.43. The highest BCUT2D eigenvalue weighted by molar-refractivity contribution is 5.88. The molecule has 0 unspecified atom stereocenters. The van der Waals surface area contributed by atoms with Gasteiger partial charge in [-0.3, -0.25) is 10.1 Å². The molecule has 0 aromatic rings. The van der Waals surface area contributed by atoms with Crippen molar-refractivity contribution in [1.29, 1.82) is 0 Å². The predicted octanol–water partition coefficient (Wildman–Crippen LogP) is 1.97. The molecule has 0 bridgehead atoms. The molecule has 0 saturated heterocycles. The van der Waals surface area contributed by atoms with E-state index in [0.29, 0.717) is 0 Å². The summed E-state index contributed by atoms with van der Waals surface area (Å²) < 4.78 is 44.8. The Balaban J connectivity index is 5.57. The minimum absolute atomic E-state index is 0.128. The van der Waals surface area contributed by atoms with Gasteiger partial charge in [0, 0.05) is 12.5 Å². The molecular formula is C13H23F3N2O3. The molecule has 0 aromatic heterocycles. The summed E-state index contributed by atoms with van der Waals surface area (Å²) in [7, 11) is 0. The quantitative estimate of drug-likeness (QED) is 0.557. The van der Waals surface area contributed by atoms with Crippen LogP contribution in [-0.2, 0) is 14.3 Å². The molecule has 21 heavy (non-hydrogen) atoms. The van der Waals surface area contributed by atoms with E-state index in [2.05, 4.69) is 10.1 Å². The first-order valence-corrected chi connectivity index (χ1v) is 6.78. The number of halogens is 3. The number of ether oxygens (including phenoxy) is 1. The van der Waals surface area contributed by atoms with Crippen LogP contribution in [0.3, 0.4) is 0 Å². The maximum absolute atomic E-state index is 13.4. The first kappa shape index (κ1) is 19.7. The number of hydrogen-bond donors (Lipinski definition) is 2. The zero-order valence-electron chi connectivity index (χ0n) is 12.9. The van der Waals surface area contributed by atoms with Crippen LogP contribution in [0.4, 0.5) is 13.2 Å². The number of amides is 1. The third kappa shape index (κ3) is 5.53. The Hall–Kier alpha value is -1.31. The maximum atomic E-state index is 13.4. The van der Waals surface area contributed by atoms with E-state index >= 15 is 0 Å². The fraction of sp³-hybridized carbons (Fsp3) is 0.846. The van der Waals surface area contributed by atoms with Gasteiger partial charge >= 0.3 is 12.1 Å². The van der Waals surface area contributed by atoms with Crippen molar-refractivity contribution >= 4 is 11.9 Å². The number of esters is 1. The molecule has 0 aliphatic rings. The van der Waals surface area contributed by atoms with Crippen molar-refractivity contribution in [2.75, 3.05) is 6.61 Å². The van der Waals surface area contributed by atoms with Gasteiger partial charge in [0.25, 0.3) is 5.66 Å². The fourth-order valence-corrected chi connectivity index (χ4v) is 1.72. The number of carbonyl (C=O) groups is 2. The third-order valence-electron chi connectivity index (χ3n) is 2.43. The SMILES string of the molecule is CCOC(=O)[C@](NC(=O)CC(C)C)(NC(C)C)C(F)(F)F. The smallest absolute Gasteiger partial charge is 0.436 e. The average Bonchev–Trinajstić information content (AvgIpc) is 2.24. The van der Waals surface area contributed by atoms with Gasteiger partial charge in [-0.15, -0.1) is 0 Å². The van der Waals surface area contributed by atoms with Gasteiger partial charge in [-0.1, -0.05) is 13.8 Å². The standard InChI is InChI=1S/C13H23F3N2O3/c1-6-21-11(20)12(13(14,15)16,17-9(4)5)18-10(19)7-8(2)3/h8-9,17H,6-7H2,1-5H3,(H,18,19)/t12-/m1/s1. The van der Waals surface area contributed by atoms with Gasteiger partial charge in [-0.05, 0) is 26.7 Å². The Kier molecular flexibility index (Phi) is 7.15. The van der Waals surface area contributed by atoms with E-state index in [1.165, 1.54) is 20.8 Å². The van der Waals surface area contributed by atoms with Crippen LogP contribution in [0.5, 0.6) is 0 Å². The largest absolute Gasteiger partial charge is 0.463 e. The van der Waals surface area contributed by atoms with E-state index in [1.54, 1.807) is 19.2 Å². The molecule has 5 nitrogen and oxygen atoms in total. The van der Waals surface area contributed by atoms with Crippen molar-refractivity contribution in [1.82, 2.24) is 10.6 Å². The van der Waals surface area contributed by atoms with Crippen LogP contribution in [-0.4, -0.2) is 36.4 Å². The van der Waals surface area contributed by atoms with Gasteiger partial charge in [-0.2, -0.15) is 13.2 Å². The van der Waals surface area contributed by atoms with Crippen molar-refractivity contribution in [3.8, 4) is 0 Å². The van der Waals surface area contributed by atoms with Crippen LogP contribution in [0, 0.1) is 5.92 Å². The number of alkyl halides is 3. The molecule has 0 aromatic carbocycles. The van der Waals surface area contributed by atoms with Gasteiger partial charge in [-0.25, -0.2) is 4.79 Å². The Bertz CT molecular complexity index is 370. The molecule has 8 heteroatoms. The summed E-state index contributed by atoms with van der Waals surface area (Å²) in [6.45, 7) is 7.42. The summed E-state index contributed by atoms with van der Waals surface area (Å²) in [5.41, 5.74) is -3.23. The lowest BCUT2D eigenvalue weighted by atomic mass is 10.1. The van der Waals surface area contributed by atoms with Gasteiger partial charge in [0.1, 0.15) is 0 Å². The van der Waals surface area contributed by atoms with E-state index in [0.717, 1.165) is 0 Å². The molecule has 1 atom stereocenters. The first-order chi connectivity index (χ1) is 9.46. The normalized spacial score (nSPS) is 15.0. The summed E-state index contributed by atoms with van der Waals surface area (Å²) >= 11 is 0. The Morgan fingerprint density at radius 2 is 1.67 bits per heavy atom. The van der Waals surface area contributed by atoms with Crippen LogP contribution in [0.15, 0.2) is 0 Å². The number of hydrogen-bond acceptors (Lipinski definition) is 4. The minimum atomic E-state index is -5.03. The number of carbonyl (C=O) groups excluding carboxylic acids is 2. The van der Waals surface area contributed by atoms with Gasteiger partial charge in [0.2, 0.25) is 5.91 Å². The Morgan fingerprint density at radius 3 is 2.00 bits per heavy atom. The number of nitrogens with one attached hydrogen (secondary N) is 2. The molecular weight excluding hydrogens is 289 g/mol. The highest BCUT2D eigenvalue weighted by Crippen LogP contribution is 2.30. The summed E-state index contributed by atoms with van der Waals surface area (Å²) in [6.07, 6.45) is -5.16. The zero-order chi connectivity index (χ0) is 16.8. The van der Waals surface area contributed by atoms with Crippen molar-refractivity contribution in [3.05, 3.63) is 0 Å². The van der Waals surface area contributed by atoms with E-state index in [1.807, 2.05) is 0 Å². The molecule has 2 N–H and O–H groups in total. The highest BCUT2D eigenvalue weighted by atomic mass is 19.4. The Morgan fingerprint density at radius 1 is 1.14 bits per heavy atom. The lowest BCUT2D eigenvalue weighted by molar-refractivity contribution is -0.223. The molecule has 0 radical (unpaired) electrons. The second-order valence-electron chi connectivity index (χ2n) is 5.41. The zero-order valence-corrected chi connectivity index (χ0v) is 12.9. The summed E-state index contributed by atoms with van der Waals surface area (Å²) in [6, 6.07) is -0.699. The maximum Gasteiger partial charge on any atom is 0.436 e. The second-order valence-corrected chi connectivity index (χ2v) is 5.41. The van der Waals surface area contributed by atoms with Gasteiger partial charge in [0.05, 0.1) is 6.61 Å². The number of rotatable bonds is 7. The minimum Gasteiger partial charge on any atom is -0.463 e. The first-order valence-electron chi connectivity index (χ1n) is 6.78. The van der Waals surface area contributed by atoms with Crippen molar-refractivity contribution in [2.24, 2.45) is 5.92 Å². The van der Waals surface area contributed by atoms with Crippen molar-refractivity contribution in [3.63, 3.8) is 0 Å². The second kappa shape index (κ2) is 7.63. The average molecular weight is 312 g/mol. The monoisotopic (exact) mass is 312 g/mol. The van der Waals surface area contributed by atoms with Crippen LogP contribution >= 0.6 is 0 Å². The van der Waals surface area contributed by atoms with Crippen LogP contribution in [0.25, 0.3) is 0 Å². The fourth-order valence-electron chi connectivity index (χ4n) is 1.72. The van der Waals surface area contributed by atoms with Crippen LogP contribution < -0.4 is 10.6 Å². The van der Waals surface area contributed by atoms with Crippen molar-refractivity contribution < 1.29 is 27.5 Å². The molecule has 0 fully saturated rings. The lowest BCUT2D eigenvalue weighted by Gasteiger charge is -2.36. The molecule has 0 aliphatic heterocycles. The molecule has 0 heterocycles. The molecule has 0 saturated carbocycles. The van der Waals surface area contributed by atoms with Crippen LogP contribution in [0.1, 0.15) is 41.0 Å². The Labute approximate surface area is 122 Å². The van der Waals surface area contributed by atoms with Crippen molar-refractivity contribution in [2.45, 2.75) is 58.9 Å². The van der Waals surface area contributed by atoms with Gasteiger partial charge in [0.15, 0.2) is 0 Å². The highest BCUT2D eigenvalue weighted by Gasteiger charge is 2.63. The molecule has 0 aliphatic carbocycles. The van der Waals surface area contributed by atoms with E-state index in [9.17, 15) is 22.8 Å². The van der Waals surface area contributed by atoms with E-state index in [-0.39, 0.29) is 18.9 Å². The summed E-state index contributed by atoms with van der Waals surface area (Å²) in [5.74, 6) is -2.58. The summed E-state index contributed by atoms with van der Waals surface area (Å²) in [4.78, 5) is 23.6. The molecule has 0 rings (SSSR count). The topological polar surface area (TPSA) is 67.4 Å². The molecule has 124 valence electrons. The molecule has 1 amide bonds. The van der Waals surface area contributed by atoms with Crippen LogP contribution in [0.2, 0.25) is 0 Å². The van der Waals surface area contributed by atoms with Gasteiger partial charge < -0.3 is 10.1 Å². The molecule has 0 spiro atoms.